The Bertz CT molecular complexity index is 420. The molecule has 1 rings (SSSR count). The number of rotatable bonds is 4. The van der Waals surface area contributed by atoms with Crippen molar-refractivity contribution in [1.82, 2.24) is 5.32 Å². The second-order valence-corrected chi connectivity index (χ2v) is 5.84. The predicted octanol–water partition coefficient (Wildman–Crippen LogP) is 2.06. The number of para-hydroxylation sites is 1. The lowest BCUT2D eigenvalue weighted by Crippen LogP contribution is -2.82. The van der Waals surface area contributed by atoms with Gasteiger partial charge in [0.15, 0.2) is 0 Å². The van der Waals surface area contributed by atoms with Crippen molar-refractivity contribution in [2.24, 2.45) is 0 Å². The van der Waals surface area contributed by atoms with Crippen LogP contribution in [0, 0.1) is 0 Å². The molecule has 3 nitrogen and oxygen atoms in total. The third kappa shape index (κ3) is 5.33. The third-order valence-corrected chi connectivity index (χ3v) is 2.71. The van der Waals surface area contributed by atoms with Crippen molar-refractivity contribution in [3.8, 4) is 0 Å². The molecule has 3 heteroatoms. The molecular weight excluding hydrogens is 234 g/mol. The first-order chi connectivity index (χ1) is 8.90. The van der Waals surface area contributed by atoms with E-state index < -0.39 is 0 Å². The van der Waals surface area contributed by atoms with Crippen LogP contribution in [0.25, 0.3) is 0 Å². The molecule has 0 aliphatic heterocycles. The van der Waals surface area contributed by atoms with Crippen molar-refractivity contribution in [1.29, 1.82) is 0 Å². The van der Waals surface area contributed by atoms with Crippen LogP contribution in [-0.2, 0) is 0 Å². The minimum absolute atomic E-state index is 0.389. The van der Waals surface area contributed by atoms with E-state index in [0.717, 1.165) is 11.6 Å². The van der Waals surface area contributed by atoms with Crippen molar-refractivity contribution in [2.45, 2.75) is 59.5 Å². The minimum Gasteiger partial charge on any atom is -0.276 e. The fraction of sp³-hybridized carbons (Fsp3) is 0.562. The lowest BCUT2D eigenvalue weighted by atomic mass is 10.0. The number of guanidine groups is 1. The van der Waals surface area contributed by atoms with Crippen molar-refractivity contribution >= 4 is 11.6 Å². The zero-order valence-corrected chi connectivity index (χ0v) is 13.0. The number of hydrogen-bond donors (Lipinski definition) is 3. The summed E-state index contributed by atoms with van der Waals surface area (Å²) in [4.78, 5) is 3.42. The summed E-state index contributed by atoms with van der Waals surface area (Å²) in [6, 6.07) is 9.23. The van der Waals surface area contributed by atoms with Gasteiger partial charge >= 0.3 is 5.96 Å². The quantitative estimate of drug-likeness (QED) is 0.574. The Balaban J connectivity index is 2.96. The maximum atomic E-state index is 3.49. The number of benzene rings is 1. The van der Waals surface area contributed by atoms with E-state index in [-0.39, 0.29) is 0 Å². The molecule has 0 saturated carbocycles. The largest absolute Gasteiger partial charge is 0.348 e. The van der Waals surface area contributed by atoms with Crippen LogP contribution in [0.4, 0.5) is 5.69 Å². The highest BCUT2D eigenvalue weighted by atomic mass is 15.2. The van der Waals surface area contributed by atoms with Gasteiger partial charge in [0.2, 0.25) is 0 Å². The van der Waals surface area contributed by atoms with Gasteiger partial charge in [0, 0.05) is 0 Å². The minimum atomic E-state index is 0.389. The Labute approximate surface area is 117 Å². The van der Waals surface area contributed by atoms with Crippen molar-refractivity contribution in [3.05, 3.63) is 29.8 Å². The van der Waals surface area contributed by atoms with Crippen LogP contribution in [0.1, 0.15) is 53.0 Å². The molecule has 0 atom stereocenters. The summed E-state index contributed by atoms with van der Waals surface area (Å²) in [6.45, 7) is 13.0. The van der Waals surface area contributed by atoms with E-state index in [1.807, 2.05) is 0 Å². The predicted molar refractivity (Wildman–Crippen MR) is 83.5 cm³/mol. The van der Waals surface area contributed by atoms with Crippen LogP contribution < -0.4 is 15.6 Å². The van der Waals surface area contributed by atoms with Crippen LogP contribution in [0.15, 0.2) is 24.3 Å². The van der Waals surface area contributed by atoms with Crippen molar-refractivity contribution < 1.29 is 4.99 Å². The summed E-state index contributed by atoms with van der Waals surface area (Å²) >= 11 is 0. The molecular formula is C16H28N3+. The van der Waals surface area contributed by atoms with Gasteiger partial charge in [-0.1, -0.05) is 32.0 Å². The number of anilines is 1. The zero-order chi connectivity index (χ0) is 14.4. The van der Waals surface area contributed by atoms with Gasteiger partial charge in [0.1, 0.15) is 5.69 Å². The Kier molecular flexibility index (Phi) is 5.87. The van der Waals surface area contributed by atoms with Crippen molar-refractivity contribution in [3.63, 3.8) is 0 Å². The van der Waals surface area contributed by atoms with E-state index in [0.29, 0.717) is 18.0 Å². The van der Waals surface area contributed by atoms with Crippen LogP contribution in [0.3, 0.4) is 0 Å². The average molecular weight is 262 g/mol. The molecule has 0 aliphatic carbocycles. The molecule has 1 aromatic rings. The van der Waals surface area contributed by atoms with E-state index >= 15 is 0 Å². The van der Waals surface area contributed by atoms with Gasteiger partial charge in [-0.2, -0.15) is 0 Å². The molecule has 0 aromatic heterocycles. The molecule has 0 bridgehead atoms. The van der Waals surface area contributed by atoms with E-state index in [1.54, 1.807) is 0 Å². The average Bonchev–Trinajstić information content (AvgIpc) is 2.27. The molecule has 0 aliphatic rings. The molecule has 0 heterocycles. The summed E-state index contributed by atoms with van der Waals surface area (Å²) in [6.07, 6.45) is 0. The highest BCUT2D eigenvalue weighted by molar-refractivity contribution is 5.90. The maximum absolute atomic E-state index is 3.49. The zero-order valence-electron chi connectivity index (χ0n) is 13.0. The topological polar surface area (TPSA) is 38.0 Å². The van der Waals surface area contributed by atoms with E-state index in [4.69, 9.17) is 0 Å². The van der Waals surface area contributed by atoms with Gasteiger partial charge in [-0.05, 0) is 45.2 Å². The molecule has 0 spiro atoms. The molecule has 19 heavy (non-hydrogen) atoms. The molecule has 1 aromatic carbocycles. The Morgan fingerprint density at radius 2 is 1.63 bits per heavy atom. The summed E-state index contributed by atoms with van der Waals surface area (Å²) in [5, 5.41) is 6.91. The van der Waals surface area contributed by atoms with Gasteiger partial charge in [-0.25, -0.2) is 5.32 Å². The monoisotopic (exact) mass is 262 g/mol. The van der Waals surface area contributed by atoms with Gasteiger partial charge in [0.25, 0.3) is 0 Å². The summed E-state index contributed by atoms with van der Waals surface area (Å²) in [7, 11) is 0. The van der Waals surface area contributed by atoms with E-state index in [2.05, 4.69) is 81.4 Å². The highest BCUT2D eigenvalue weighted by Crippen LogP contribution is 2.23. The lowest BCUT2D eigenvalue weighted by molar-refractivity contribution is -0.495. The van der Waals surface area contributed by atoms with Gasteiger partial charge in [-0.3, -0.25) is 10.3 Å². The third-order valence-electron chi connectivity index (χ3n) is 2.71. The molecule has 0 unspecified atom stereocenters. The lowest BCUT2D eigenvalue weighted by Gasteiger charge is -2.14. The SMILES string of the molecule is CC(C)NC(Nc1ccccc1C(C)C)=[NH+]C(C)C. The smallest absolute Gasteiger partial charge is 0.276 e. The van der Waals surface area contributed by atoms with Gasteiger partial charge < -0.3 is 0 Å². The number of hydrogen-bond acceptors (Lipinski definition) is 0. The van der Waals surface area contributed by atoms with Crippen LogP contribution in [0.5, 0.6) is 0 Å². The molecule has 0 amide bonds. The van der Waals surface area contributed by atoms with Gasteiger partial charge in [-0.15, -0.1) is 0 Å². The maximum Gasteiger partial charge on any atom is 0.348 e. The highest BCUT2D eigenvalue weighted by Gasteiger charge is 2.14. The normalized spacial score (nSPS) is 12.4. The summed E-state index contributed by atoms with van der Waals surface area (Å²) in [5.74, 6) is 1.47. The molecule has 3 N–H and O–H groups in total. The van der Waals surface area contributed by atoms with Crippen LogP contribution >= 0.6 is 0 Å². The van der Waals surface area contributed by atoms with Crippen molar-refractivity contribution in [2.75, 3.05) is 5.32 Å². The molecule has 0 radical (unpaired) electrons. The van der Waals surface area contributed by atoms with E-state index in [1.165, 1.54) is 5.56 Å². The second kappa shape index (κ2) is 7.17. The number of nitrogens with one attached hydrogen (secondary N) is 3. The Morgan fingerprint density at radius 1 is 1.00 bits per heavy atom. The standard InChI is InChI=1S/C16H27N3/c1-11(2)14-9-7-8-10-15(14)19-16(17-12(3)4)18-13(5)6/h7-13H,1-6H3,(H2,17,18,19)/p+1. The summed E-state index contributed by atoms with van der Waals surface area (Å²) < 4.78 is 0. The molecule has 0 fully saturated rings. The Morgan fingerprint density at radius 3 is 2.16 bits per heavy atom. The van der Waals surface area contributed by atoms with Gasteiger partial charge in [0.05, 0.1) is 12.1 Å². The molecule has 0 saturated heterocycles. The first-order valence-electron chi connectivity index (χ1n) is 7.16. The first-order valence-corrected chi connectivity index (χ1v) is 7.16. The first kappa shape index (κ1) is 15.5. The fourth-order valence-electron chi connectivity index (χ4n) is 1.94. The Hall–Kier alpha value is -1.51. The second-order valence-electron chi connectivity index (χ2n) is 5.84. The van der Waals surface area contributed by atoms with Crippen LogP contribution in [0.2, 0.25) is 0 Å². The molecule has 106 valence electrons. The van der Waals surface area contributed by atoms with Crippen LogP contribution in [-0.4, -0.2) is 18.0 Å². The fourth-order valence-corrected chi connectivity index (χ4v) is 1.94. The summed E-state index contributed by atoms with van der Waals surface area (Å²) in [5.41, 5.74) is 2.49. The van der Waals surface area contributed by atoms with E-state index in [9.17, 15) is 0 Å².